The molecular weight excluding hydrogens is 162 g/mol. The summed E-state index contributed by atoms with van der Waals surface area (Å²) < 4.78 is 5.50. The van der Waals surface area contributed by atoms with Crippen LogP contribution in [0.4, 0.5) is 0 Å². The van der Waals surface area contributed by atoms with Gasteiger partial charge in [-0.3, -0.25) is 0 Å². The highest BCUT2D eigenvalue weighted by Crippen LogP contribution is 2.23. The summed E-state index contributed by atoms with van der Waals surface area (Å²) in [5.74, 6) is 1.14. The Labute approximate surface area is 80.9 Å². The van der Waals surface area contributed by atoms with Gasteiger partial charge < -0.3 is 9.64 Å². The average molecular weight is 181 g/mol. The van der Waals surface area contributed by atoms with Gasteiger partial charge in [0.25, 0.3) is 0 Å². The van der Waals surface area contributed by atoms with Crippen LogP contribution in [0.1, 0.15) is 26.2 Å². The van der Waals surface area contributed by atoms with Crippen LogP contribution in [0.3, 0.4) is 0 Å². The maximum atomic E-state index is 5.50. The average Bonchev–Trinajstić information content (AvgIpc) is 2.04. The second kappa shape index (κ2) is 4.95. The van der Waals surface area contributed by atoms with Crippen molar-refractivity contribution in [1.29, 1.82) is 0 Å². The molecular formula is C11H19NO. The van der Waals surface area contributed by atoms with Gasteiger partial charge >= 0.3 is 0 Å². The number of allylic oxidation sites excluding steroid dienone is 2. The molecule has 0 atom stereocenters. The zero-order valence-corrected chi connectivity index (χ0v) is 8.84. The van der Waals surface area contributed by atoms with E-state index in [1.165, 1.54) is 12.0 Å². The minimum Gasteiger partial charge on any atom is -0.498 e. The molecule has 13 heavy (non-hydrogen) atoms. The molecule has 2 nitrogen and oxygen atoms in total. The molecule has 0 heterocycles. The fourth-order valence-corrected chi connectivity index (χ4v) is 1.57. The predicted octanol–water partition coefficient (Wildman–Crippen LogP) is 2.54. The molecule has 74 valence electrons. The number of nitrogens with zero attached hydrogens (tertiary/aromatic N) is 1. The molecule has 0 fully saturated rings. The zero-order chi connectivity index (χ0) is 9.68. The van der Waals surface area contributed by atoms with Gasteiger partial charge in [0, 0.05) is 20.5 Å². The number of rotatable bonds is 3. The minimum atomic E-state index is 0.779. The van der Waals surface area contributed by atoms with E-state index in [1.54, 1.807) is 0 Å². The summed E-state index contributed by atoms with van der Waals surface area (Å²) in [4.78, 5) is 2.10. The van der Waals surface area contributed by atoms with Crippen molar-refractivity contribution >= 4 is 0 Å². The number of hydrogen-bond donors (Lipinski definition) is 0. The van der Waals surface area contributed by atoms with Gasteiger partial charge in [-0.2, -0.15) is 0 Å². The monoisotopic (exact) mass is 181 g/mol. The highest BCUT2D eigenvalue weighted by Gasteiger charge is 2.08. The van der Waals surface area contributed by atoms with Crippen molar-refractivity contribution in [3.63, 3.8) is 0 Å². The maximum Gasteiger partial charge on any atom is 0.0960 e. The summed E-state index contributed by atoms with van der Waals surface area (Å²) in [5, 5.41) is 0. The van der Waals surface area contributed by atoms with Crippen LogP contribution < -0.4 is 0 Å². The topological polar surface area (TPSA) is 12.5 Å². The van der Waals surface area contributed by atoms with Crippen LogP contribution in [0.25, 0.3) is 0 Å². The van der Waals surface area contributed by atoms with Gasteiger partial charge in [-0.25, -0.2) is 0 Å². The van der Waals surface area contributed by atoms with Crippen LogP contribution in [-0.4, -0.2) is 25.6 Å². The number of hydrogen-bond acceptors (Lipinski definition) is 2. The van der Waals surface area contributed by atoms with E-state index in [2.05, 4.69) is 31.3 Å². The Morgan fingerprint density at radius 3 is 2.92 bits per heavy atom. The summed E-state index contributed by atoms with van der Waals surface area (Å²) >= 11 is 0. The van der Waals surface area contributed by atoms with E-state index in [1.807, 2.05) is 6.92 Å². The van der Waals surface area contributed by atoms with Gasteiger partial charge in [0.05, 0.1) is 12.4 Å². The smallest absolute Gasteiger partial charge is 0.0960 e. The lowest BCUT2D eigenvalue weighted by Crippen LogP contribution is -2.06. The van der Waals surface area contributed by atoms with Crippen LogP contribution in [0.2, 0.25) is 0 Å². The third kappa shape index (κ3) is 3.53. The van der Waals surface area contributed by atoms with Crippen molar-refractivity contribution in [3.8, 4) is 0 Å². The SMILES string of the molecule is CCOC1=CCCC(=CN(C)C)C1. The Balaban J connectivity index is 2.52. The largest absolute Gasteiger partial charge is 0.498 e. The van der Waals surface area contributed by atoms with Crippen molar-refractivity contribution in [2.75, 3.05) is 20.7 Å². The lowest BCUT2D eigenvalue weighted by molar-refractivity contribution is 0.218. The molecule has 0 bridgehead atoms. The molecule has 1 aliphatic carbocycles. The highest BCUT2D eigenvalue weighted by atomic mass is 16.5. The van der Waals surface area contributed by atoms with Crippen LogP contribution >= 0.6 is 0 Å². The van der Waals surface area contributed by atoms with Crippen LogP contribution in [0, 0.1) is 0 Å². The van der Waals surface area contributed by atoms with Crippen molar-refractivity contribution in [3.05, 3.63) is 23.6 Å². The van der Waals surface area contributed by atoms with Gasteiger partial charge in [-0.05, 0) is 37.6 Å². The first-order valence-electron chi connectivity index (χ1n) is 4.90. The molecule has 0 aromatic carbocycles. The lowest BCUT2D eigenvalue weighted by Gasteiger charge is -2.18. The van der Waals surface area contributed by atoms with Crippen molar-refractivity contribution < 1.29 is 4.74 Å². The van der Waals surface area contributed by atoms with E-state index in [0.717, 1.165) is 25.2 Å². The van der Waals surface area contributed by atoms with Crippen LogP contribution in [0.15, 0.2) is 23.6 Å². The molecule has 0 saturated carbocycles. The second-order valence-electron chi connectivity index (χ2n) is 3.57. The van der Waals surface area contributed by atoms with Gasteiger partial charge in [0.1, 0.15) is 0 Å². The summed E-state index contributed by atoms with van der Waals surface area (Å²) in [6.07, 6.45) is 7.69. The fraction of sp³-hybridized carbons (Fsp3) is 0.636. The molecule has 0 spiro atoms. The summed E-state index contributed by atoms with van der Waals surface area (Å²) in [5.41, 5.74) is 1.47. The Morgan fingerprint density at radius 2 is 2.31 bits per heavy atom. The Kier molecular flexibility index (Phi) is 3.87. The Hall–Kier alpha value is -0.920. The highest BCUT2D eigenvalue weighted by molar-refractivity contribution is 5.16. The normalized spacial score (nSPS) is 19.9. The molecule has 0 aliphatic heterocycles. The third-order valence-electron chi connectivity index (χ3n) is 2.01. The quantitative estimate of drug-likeness (QED) is 0.663. The molecule has 0 amide bonds. The van der Waals surface area contributed by atoms with Crippen LogP contribution in [-0.2, 0) is 4.74 Å². The molecule has 1 aliphatic rings. The molecule has 0 unspecified atom stereocenters. The molecule has 0 N–H and O–H groups in total. The van der Waals surface area contributed by atoms with Crippen LogP contribution in [0.5, 0.6) is 0 Å². The summed E-state index contributed by atoms with van der Waals surface area (Å²) in [6, 6.07) is 0. The lowest BCUT2D eigenvalue weighted by atomic mass is 10.0. The van der Waals surface area contributed by atoms with E-state index in [-0.39, 0.29) is 0 Å². The van der Waals surface area contributed by atoms with Gasteiger partial charge in [0.2, 0.25) is 0 Å². The van der Waals surface area contributed by atoms with E-state index in [9.17, 15) is 0 Å². The fourth-order valence-electron chi connectivity index (χ4n) is 1.57. The minimum absolute atomic E-state index is 0.779. The van der Waals surface area contributed by atoms with E-state index >= 15 is 0 Å². The summed E-state index contributed by atoms with van der Waals surface area (Å²) in [7, 11) is 4.12. The molecule has 0 aromatic rings. The second-order valence-corrected chi connectivity index (χ2v) is 3.57. The Morgan fingerprint density at radius 1 is 1.54 bits per heavy atom. The number of ether oxygens (including phenoxy) is 1. The third-order valence-corrected chi connectivity index (χ3v) is 2.01. The first-order valence-corrected chi connectivity index (χ1v) is 4.90. The summed E-state index contributed by atoms with van der Waals surface area (Å²) in [6.45, 7) is 2.81. The molecule has 1 rings (SSSR count). The first-order chi connectivity index (χ1) is 6.22. The predicted molar refractivity (Wildman–Crippen MR) is 55.3 cm³/mol. The van der Waals surface area contributed by atoms with Gasteiger partial charge in [0.15, 0.2) is 0 Å². The van der Waals surface area contributed by atoms with E-state index in [4.69, 9.17) is 4.74 Å². The van der Waals surface area contributed by atoms with E-state index < -0.39 is 0 Å². The van der Waals surface area contributed by atoms with Gasteiger partial charge in [-0.1, -0.05) is 0 Å². The molecule has 2 heteroatoms. The maximum absolute atomic E-state index is 5.50. The molecule has 0 saturated heterocycles. The van der Waals surface area contributed by atoms with Crippen molar-refractivity contribution in [1.82, 2.24) is 4.90 Å². The standard InChI is InChI=1S/C11H19NO/c1-4-13-11-7-5-6-10(8-11)9-12(2)3/h7,9H,4-6,8H2,1-3H3. The zero-order valence-electron chi connectivity index (χ0n) is 8.84. The van der Waals surface area contributed by atoms with Gasteiger partial charge in [-0.15, -0.1) is 0 Å². The van der Waals surface area contributed by atoms with E-state index in [0.29, 0.717) is 0 Å². The molecule has 0 aromatic heterocycles. The van der Waals surface area contributed by atoms with Crippen molar-refractivity contribution in [2.45, 2.75) is 26.2 Å². The first kappa shape index (κ1) is 10.2. The molecule has 0 radical (unpaired) electrons. The Bertz CT molecular complexity index is 216. The van der Waals surface area contributed by atoms with Crippen molar-refractivity contribution in [2.24, 2.45) is 0 Å².